The summed E-state index contributed by atoms with van der Waals surface area (Å²) in [5.74, 6) is -0.554. The normalized spacial score (nSPS) is 15.9. The van der Waals surface area contributed by atoms with E-state index in [0.717, 1.165) is 0 Å². The second kappa shape index (κ2) is 5.55. The Morgan fingerprint density at radius 1 is 1.45 bits per heavy atom. The van der Waals surface area contributed by atoms with Gasteiger partial charge in [-0.15, -0.1) is 0 Å². The third-order valence-electron chi connectivity index (χ3n) is 3.08. The molecule has 2 N–H and O–H groups in total. The number of nitrogens with one attached hydrogen (secondary N) is 2. The SMILES string of the molecule is CCOC(=O)c1[nH]c(C)c(S(=O)(=O)NC2COC2)c1C. The molecule has 20 heavy (non-hydrogen) atoms. The molecule has 0 amide bonds. The summed E-state index contributed by atoms with van der Waals surface area (Å²) in [7, 11) is -3.68. The van der Waals surface area contributed by atoms with Crippen LogP contribution < -0.4 is 4.72 Å². The van der Waals surface area contributed by atoms with E-state index in [9.17, 15) is 13.2 Å². The zero-order valence-corrected chi connectivity index (χ0v) is 12.5. The van der Waals surface area contributed by atoms with Gasteiger partial charge in [-0.05, 0) is 20.8 Å². The van der Waals surface area contributed by atoms with Crippen LogP contribution in [0, 0.1) is 13.8 Å². The number of carbonyl (C=O) groups excluding carboxylic acids is 1. The molecule has 1 aromatic heterocycles. The van der Waals surface area contributed by atoms with Crippen LogP contribution in [0.5, 0.6) is 0 Å². The Labute approximate surface area is 117 Å². The number of aryl methyl sites for hydroxylation is 1. The quantitative estimate of drug-likeness (QED) is 0.771. The maximum Gasteiger partial charge on any atom is 0.355 e. The second-order valence-corrected chi connectivity index (χ2v) is 6.31. The van der Waals surface area contributed by atoms with Crippen LogP contribution in [0.25, 0.3) is 0 Å². The van der Waals surface area contributed by atoms with Crippen molar-refractivity contribution in [1.82, 2.24) is 9.71 Å². The number of aromatic amines is 1. The van der Waals surface area contributed by atoms with E-state index < -0.39 is 16.0 Å². The van der Waals surface area contributed by atoms with Crippen LogP contribution in [0.15, 0.2) is 4.90 Å². The molecule has 1 fully saturated rings. The van der Waals surface area contributed by atoms with Crippen molar-refractivity contribution in [3.05, 3.63) is 17.0 Å². The van der Waals surface area contributed by atoms with Crippen molar-refractivity contribution in [3.63, 3.8) is 0 Å². The second-order valence-electron chi connectivity index (χ2n) is 4.66. The zero-order valence-electron chi connectivity index (χ0n) is 11.6. The molecular weight excluding hydrogens is 284 g/mol. The molecule has 2 rings (SSSR count). The molecule has 0 aliphatic carbocycles. The van der Waals surface area contributed by atoms with E-state index in [1.54, 1.807) is 20.8 Å². The van der Waals surface area contributed by atoms with E-state index in [2.05, 4.69) is 9.71 Å². The fourth-order valence-electron chi connectivity index (χ4n) is 2.13. The summed E-state index contributed by atoms with van der Waals surface area (Å²) in [4.78, 5) is 14.7. The Bertz CT molecular complexity index is 616. The molecule has 1 saturated heterocycles. The molecule has 0 aromatic carbocycles. The summed E-state index contributed by atoms with van der Waals surface area (Å²) < 4.78 is 37.1. The summed E-state index contributed by atoms with van der Waals surface area (Å²) >= 11 is 0. The lowest BCUT2D eigenvalue weighted by molar-refractivity contribution is 0.00481. The lowest BCUT2D eigenvalue weighted by atomic mass is 10.2. The van der Waals surface area contributed by atoms with E-state index in [-0.39, 0.29) is 23.2 Å². The van der Waals surface area contributed by atoms with Crippen molar-refractivity contribution < 1.29 is 22.7 Å². The topological polar surface area (TPSA) is 97.5 Å². The Balaban J connectivity index is 2.34. The molecule has 0 bridgehead atoms. The largest absolute Gasteiger partial charge is 0.461 e. The summed E-state index contributed by atoms with van der Waals surface area (Å²) in [6.07, 6.45) is 0. The molecule has 0 atom stereocenters. The molecule has 0 unspecified atom stereocenters. The maximum absolute atomic E-state index is 12.3. The molecule has 0 saturated carbocycles. The first-order chi connectivity index (χ1) is 9.36. The number of rotatable bonds is 5. The van der Waals surface area contributed by atoms with E-state index >= 15 is 0 Å². The molecule has 0 spiro atoms. The highest BCUT2D eigenvalue weighted by molar-refractivity contribution is 7.89. The van der Waals surface area contributed by atoms with Gasteiger partial charge in [0.25, 0.3) is 0 Å². The number of aromatic nitrogens is 1. The van der Waals surface area contributed by atoms with Crippen molar-refractivity contribution >= 4 is 16.0 Å². The van der Waals surface area contributed by atoms with Crippen molar-refractivity contribution in [2.75, 3.05) is 19.8 Å². The van der Waals surface area contributed by atoms with Gasteiger partial charge in [0.05, 0.1) is 25.9 Å². The minimum atomic E-state index is -3.68. The van der Waals surface area contributed by atoms with E-state index in [1.165, 1.54) is 0 Å². The predicted octanol–water partition coefficient (Wildman–Crippen LogP) is 0.485. The first-order valence-electron chi connectivity index (χ1n) is 6.33. The lowest BCUT2D eigenvalue weighted by Gasteiger charge is -2.26. The lowest BCUT2D eigenvalue weighted by Crippen LogP contribution is -2.48. The van der Waals surface area contributed by atoms with E-state index in [4.69, 9.17) is 9.47 Å². The average molecular weight is 302 g/mol. The monoisotopic (exact) mass is 302 g/mol. The van der Waals surface area contributed by atoms with Gasteiger partial charge in [-0.2, -0.15) is 0 Å². The molecule has 112 valence electrons. The Morgan fingerprint density at radius 3 is 2.60 bits per heavy atom. The van der Waals surface area contributed by atoms with Gasteiger partial charge in [0.2, 0.25) is 10.0 Å². The fraction of sp³-hybridized carbons (Fsp3) is 0.583. The number of sulfonamides is 1. The van der Waals surface area contributed by atoms with Crippen LogP contribution in [0.2, 0.25) is 0 Å². The van der Waals surface area contributed by atoms with Crippen LogP contribution in [0.4, 0.5) is 0 Å². The number of H-pyrrole nitrogens is 1. The van der Waals surface area contributed by atoms with Crippen molar-refractivity contribution in [2.24, 2.45) is 0 Å². The summed E-state index contributed by atoms with van der Waals surface area (Å²) in [6, 6.07) is -0.209. The van der Waals surface area contributed by atoms with Gasteiger partial charge >= 0.3 is 5.97 Å². The highest BCUT2D eigenvalue weighted by atomic mass is 32.2. The van der Waals surface area contributed by atoms with Gasteiger partial charge in [-0.1, -0.05) is 0 Å². The minimum absolute atomic E-state index is 0.104. The van der Waals surface area contributed by atoms with Crippen LogP contribution in [-0.2, 0) is 19.5 Å². The Hall–Kier alpha value is -1.38. The molecular formula is C12H18N2O5S. The van der Waals surface area contributed by atoms with Gasteiger partial charge < -0.3 is 14.5 Å². The van der Waals surface area contributed by atoms with Crippen LogP contribution in [-0.4, -0.2) is 45.2 Å². The third kappa shape index (κ3) is 2.72. The number of ether oxygens (including phenoxy) is 2. The third-order valence-corrected chi connectivity index (χ3v) is 4.87. The highest BCUT2D eigenvalue weighted by Crippen LogP contribution is 2.24. The van der Waals surface area contributed by atoms with Crippen molar-refractivity contribution in [2.45, 2.75) is 31.7 Å². The zero-order chi connectivity index (χ0) is 14.9. The Morgan fingerprint density at radius 2 is 2.10 bits per heavy atom. The number of hydrogen-bond acceptors (Lipinski definition) is 5. The van der Waals surface area contributed by atoms with Gasteiger partial charge in [0.15, 0.2) is 0 Å². The number of esters is 1. The standard InChI is InChI=1S/C12H18N2O5S/c1-4-19-12(15)10-7(2)11(8(3)13-10)20(16,17)14-9-5-18-6-9/h9,13-14H,4-6H2,1-3H3. The van der Waals surface area contributed by atoms with Gasteiger partial charge in [0, 0.05) is 11.3 Å². The van der Waals surface area contributed by atoms with E-state index in [1.807, 2.05) is 0 Å². The predicted molar refractivity (Wildman–Crippen MR) is 71.2 cm³/mol. The number of carbonyl (C=O) groups is 1. The highest BCUT2D eigenvalue weighted by Gasteiger charge is 2.31. The van der Waals surface area contributed by atoms with Gasteiger partial charge in [0.1, 0.15) is 10.6 Å². The summed E-state index contributed by atoms with van der Waals surface area (Å²) in [5, 5.41) is 0. The van der Waals surface area contributed by atoms with Crippen LogP contribution in [0.3, 0.4) is 0 Å². The molecule has 1 aliphatic rings. The molecule has 1 aliphatic heterocycles. The first kappa shape index (κ1) is 15.0. The summed E-state index contributed by atoms with van der Waals surface area (Å²) in [6.45, 7) is 5.86. The molecule has 7 nitrogen and oxygen atoms in total. The maximum atomic E-state index is 12.3. The first-order valence-corrected chi connectivity index (χ1v) is 7.81. The van der Waals surface area contributed by atoms with Crippen LogP contribution >= 0.6 is 0 Å². The smallest absolute Gasteiger partial charge is 0.355 e. The van der Waals surface area contributed by atoms with Crippen molar-refractivity contribution in [3.8, 4) is 0 Å². The van der Waals surface area contributed by atoms with Crippen LogP contribution in [0.1, 0.15) is 28.7 Å². The van der Waals surface area contributed by atoms with Gasteiger partial charge in [-0.3, -0.25) is 0 Å². The summed E-state index contributed by atoms with van der Waals surface area (Å²) in [5.41, 5.74) is 0.960. The number of hydrogen-bond donors (Lipinski definition) is 2. The molecule has 1 aromatic rings. The molecule has 0 radical (unpaired) electrons. The average Bonchev–Trinajstić information content (AvgIpc) is 2.61. The molecule has 2 heterocycles. The minimum Gasteiger partial charge on any atom is -0.461 e. The van der Waals surface area contributed by atoms with Crippen molar-refractivity contribution in [1.29, 1.82) is 0 Å². The Kier molecular flexibility index (Phi) is 4.17. The van der Waals surface area contributed by atoms with Gasteiger partial charge in [-0.25, -0.2) is 17.9 Å². The van der Waals surface area contributed by atoms with E-state index in [0.29, 0.717) is 24.5 Å². The molecule has 8 heteroatoms. The fourth-order valence-corrected chi connectivity index (χ4v) is 3.78.